The molecule has 0 aliphatic heterocycles. The van der Waals surface area contributed by atoms with Gasteiger partial charge in [0.25, 0.3) is 5.91 Å². The molecule has 0 aromatic heterocycles. The zero-order chi connectivity index (χ0) is 21.1. The van der Waals surface area contributed by atoms with Gasteiger partial charge in [0.1, 0.15) is 11.6 Å². The number of urea groups is 1. The number of carbonyl (C=O) groups is 2. The summed E-state index contributed by atoms with van der Waals surface area (Å²) in [5.74, 6) is -2.09. The summed E-state index contributed by atoms with van der Waals surface area (Å²) in [6.07, 6.45) is 0. The van der Waals surface area contributed by atoms with Gasteiger partial charge in [-0.1, -0.05) is 44.0 Å². The average molecular weight is 430 g/mol. The molecule has 2 aromatic rings. The number of rotatable bonds is 3. The number of carbonyl (C=O) groups excluding carboxylic acids is 2. The van der Waals surface area contributed by atoms with Gasteiger partial charge in [0.05, 0.1) is 5.69 Å². The summed E-state index contributed by atoms with van der Waals surface area (Å²) < 4.78 is 27.0. The van der Waals surface area contributed by atoms with E-state index in [0.717, 1.165) is 23.2 Å². The maximum atomic E-state index is 13.7. The molecule has 0 unspecified atom stereocenters. The minimum Gasteiger partial charge on any atom is -0.304 e. The highest BCUT2D eigenvalue weighted by Gasteiger charge is 2.25. The summed E-state index contributed by atoms with van der Waals surface area (Å²) in [7, 11) is 0. The molecule has 3 amide bonds. The number of nitrogens with zero attached hydrogens (tertiary/aromatic N) is 1. The summed E-state index contributed by atoms with van der Waals surface area (Å²) in [5, 5.41) is 3.77. The first-order valence-corrected chi connectivity index (χ1v) is 9.01. The summed E-state index contributed by atoms with van der Waals surface area (Å²) in [5.41, 5.74) is 1.80. The molecule has 28 heavy (non-hydrogen) atoms. The van der Waals surface area contributed by atoms with Gasteiger partial charge < -0.3 is 5.32 Å². The highest BCUT2D eigenvalue weighted by Crippen LogP contribution is 2.22. The van der Waals surface area contributed by atoms with E-state index in [-0.39, 0.29) is 33.3 Å². The third-order valence-corrected chi connectivity index (χ3v) is 3.84. The van der Waals surface area contributed by atoms with Crippen molar-refractivity contribution < 1.29 is 18.4 Å². The molecule has 2 rings (SSSR count). The third kappa shape index (κ3) is 6.35. The maximum absolute atomic E-state index is 13.7. The van der Waals surface area contributed by atoms with Gasteiger partial charge in [-0.2, -0.15) is 0 Å². The van der Waals surface area contributed by atoms with Crippen LogP contribution in [0.4, 0.5) is 19.3 Å². The summed E-state index contributed by atoms with van der Waals surface area (Å²) in [6, 6.07) is 6.04. The number of hydrogen-bond donors (Lipinski definition) is 2. The lowest BCUT2D eigenvalue weighted by Gasteiger charge is -2.30. The van der Waals surface area contributed by atoms with Crippen LogP contribution in [0.25, 0.3) is 0 Å². The summed E-state index contributed by atoms with van der Waals surface area (Å²) >= 11 is 11.9. The number of hydrogen-bond acceptors (Lipinski definition) is 2. The largest absolute Gasteiger partial charge is 0.338 e. The van der Waals surface area contributed by atoms with Crippen LogP contribution >= 0.6 is 23.2 Å². The molecule has 0 aliphatic rings. The van der Waals surface area contributed by atoms with Crippen molar-refractivity contribution in [3.8, 4) is 0 Å². The van der Waals surface area contributed by atoms with Crippen molar-refractivity contribution >= 4 is 40.8 Å². The highest BCUT2D eigenvalue weighted by atomic mass is 35.5. The normalized spacial score (nSPS) is 11.1. The quantitative estimate of drug-likeness (QED) is 0.632. The Hall–Kier alpha value is -2.38. The number of benzene rings is 2. The Morgan fingerprint density at radius 2 is 1.64 bits per heavy atom. The molecule has 0 radical (unpaired) electrons. The Morgan fingerprint density at radius 1 is 1.04 bits per heavy atom. The Kier molecular flexibility index (Phi) is 6.85. The standard InChI is InChI=1S/C19H19Cl2F2N3O2/c1-19(2,3)10-26(17(27)11-6-12(20)8-13(21)7-11)25-18(28)24-16-9-14(22)4-5-15(16)23/h4-9H,10H2,1-3H3,(H2,24,25,28). The van der Waals surface area contributed by atoms with Gasteiger partial charge in [0.15, 0.2) is 0 Å². The lowest BCUT2D eigenvalue weighted by atomic mass is 9.96. The van der Waals surface area contributed by atoms with Crippen molar-refractivity contribution in [3.05, 3.63) is 63.6 Å². The minimum absolute atomic E-state index is 0.134. The first kappa shape index (κ1) is 21.9. The maximum Gasteiger partial charge on any atom is 0.338 e. The van der Waals surface area contributed by atoms with Crippen LogP contribution in [0.5, 0.6) is 0 Å². The Morgan fingerprint density at radius 3 is 2.21 bits per heavy atom. The fourth-order valence-corrected chi connectivity index (χ4v) is 2.86. The van der Waals surface area contributed by atoms with E-state index in [0.29, 0.717) is 0 Å². The smallest absolute Gasteiger partial charge is 0.304 e. The van der Waals surface area contributed by atoms with Crippen LogP contribution in [0.1, 0.15) is 31.1 Å². The van der Waals surface area contributed by atoms with Crippen molar-refractivity contribution in [1.82, 2.24) is 10.4 Å². The van der Waals surface area contributed by atoms with Crippen LogP contribution in [-0.2, 0) is 0 Å². The van der Waals surface area contributed by atoms with E-state index in [2.05, 4.69) is 10.7 Å². The summed E-state index contributed by atoms with van der Waals surface area (Å²) in [4.78, 5) is 25.2. The van der Waals surface area contributed by atoms with Crippen molar-refractivity contribution in [2.75, 3.05) is 11.9 Å². The van der Waals surface area contributed by atoms with E-state index in [9.17, 15) is 18.4 Å². The van der Waals surface area contributed by atoms with Crippen molar-refractivity contribution in [1.29, 1.82) is 0 Å². The molecule has 0 saturated heterocycles. The van der Waals surface area contributed by atoms with Gasteiger partial charge in [-0.25, -0.2) is 24.0 Å². The Balaban J connectivity index is 2.24. The zero-order valence-corrected chi connectivity index (χ0v) is 17.0. The van der Waals surface area contributed by atoms with Gasteiger partial charge in [-0.3, -0.25) is 4.79 Å². The fourth-order valence-electron chi connectivity index (χ4n) is 2.34. The second kappa shape index (κ2) is 8.75. The SMILES string of the molecule is CC(C)(C)CN(NC(=O)Nc1cc(F)ccc1F)C(=O)c1cc(Cl)cc(Cl)c1. The molecular formula is C19H19Cl2F2N3O2. The van der Waals surface area contributed by atoms with Crippen LogP contribution in [0.3, 0.4) is 0 Å². The van der Waals surface area contributed by atoms with Crippen molar-refractivity contribution in [3.63, 3.8) is 0 Å². The molecule has 0 bridgehead atoms. The second-order valence-corrected chi connectivity index (χ2v) is 8.17. The van der Waals surface area contributed by atoms with E-state index < -0.39 is 23.6 Å². The molecule has 9 heteroatoms. The lowest BCUT2D eigenvalue weighted by Crippen LogP contribution is -2.51. The lowest BCUT2D eigenvalue weighted by molar-refractivity contribution is 0.0611. The Bertz CT molecular complexity index is 881. The average Bonchev–Trinajstić information content (AvgIpc) is 2.54. The van der Waals surface area contributed by atoms with Gasteiger partial charge in [-0.15, -0.1) is 0 Å². The van der Waals surface area contributed by atoms with E-state index in [4.69, 9.17) is 23.2 Å². The number of anilines is 1. The van der Waals surface area contributed by atoms with Crippen LogP contribution in [0.2, 0.25) is 10.0 Å². The molecule has 0 spiro atoms. The molecule has 0 heterocycles. The first-order valence-electron chi connectivity index (χ1n) is 8.25. The first-order chi connectivity index (χ1) is 12.9. The van der Waals surface area contributed by atoms with Crippen LogP contribution < -0.4 is 10.7 Å². The molecule has 5 nitrogen and oxygen atoms in total. The van der Waals surface area contributed by atoms with Crippen LogP contribution in [-0.4, -0.2) is 23.5 Å². The molecule has 0 atom stereocenters. The fraction of sp³-hybridized carbons (Fsp3) is 0.263. The molecular weight excluding hydrogens is 411 g/mol. The minimum atomic E-state index is -0.907. The Labute approximate surface area is 171 Å². The van der Waals surface area contributed by atoms with Crippen LogP contribution in [0, 0.1) is 17.0 Å². The van der Waals surface area contributed by atoms with Gasteiger partial charge >= 0.3 is 6.03 Å². The molecule has 2 aromatic carbocycles. The monoisotopic (exact) mass is 429 g/mol. The molecule has 0 fully saturated rings. The predicted molar refractivity (Wildman–Crippen MR) is 105 cm³/mol. The number of amides is 3. The topological polar surface area (TPSA) is 61.4 Å². The zero-order valence-electron chi connectivity index (χ0n) is 15.4. The van der Waals surface area contributed by atoms with Crippen LogP contribution in [0.15, 0.2) is 36.4 Å². The number of hydrazine groups is 1. The van der Waals surface area contributed by atoms with Gasteiger partial charge in [-0.05, 0) is 35.7 Å². The highest BCUT2D eigenvalue weighted by molar-refractivity contribution is 6.35. The van der Waals surface area contributed by atoms with Gasteiger partial charge in [0.2, 0.25) is 0 Å². The van der Waals surface area contributed by atoms with E-state index in [1.54, 1.807) is 0 Å². The predicted octanol–water partition coefficient (Wildman–Crippen LogP) is 5.50. The second-order valence-electron chi connectivity index (χ2n) is 7.30. The molecule has 0 saturated carbocycles. The molecule has 0 aliphatic carbocycles. The number of halogens is 4. The number of nitrogens with one attached hydrogen (secondary N) is 2. The van der Waals surface area contributed by atoms with E-state index in [1.165, 1.54) is 18.2 Å². The van der Waals surface area contributed by atoms with Gasteiger partial charge in [0, 0.05) is 28.2 Å². The van der Waals surface area contributed by atoms with Crippen molar-refractivity contribution in [2.24, 2.45) is 5.41 Å². The van der Waals surface area contributed by atoms with E-state index in [1.807, 2.05) is 20.8 Å². The third-order valence-electron chi connectivity index (χ3n) is 3.40. The van der Waals surface area contributed by atoms with Crippen molar-refractivity contribution in [2.45, 2.75) is 20.8 Å². The van der Waals surface area contributed by atoms with E-state index >= 15 is 0 Å². The summed E-state index contributed by atoms with van der Waals surface area (Å²) in [6.45, 7) is 5.73. The molecule has 2 N–H and O–H groups in total. The molecule has 150 valence electrons.